The van der Waals surface area contributed by atoms with E-state index in [9.17, 15) is 20.0 Å². The van der Waals surface area contributed by atoms with Gasteiger partial charge in [-0.3, -0.25) is 4.79 Å². The van der Waals surface area contributed by atoms with Gasteiger partial charge < -0.3 is 15.8 Å². The first kappa shape index (κ1) is 29.5. The number of amides is 1. The molecule has 0 spiro atoms. The van der Waals surface area contributed by atoms with Crippen LogP contribution in [-0.4, -0.2) is 55.2 Å². The Morgan fingerprint density at radius 1 is 0.811 bits per heavy atom. The summed E-state index contributed by atoms with van der Waals surface area (Å²) < 4.78 is 5.78. The number of benzene rings is 1. The minimum atomic E-state index is -1.47. The molecule has 0 bridgehead atoms. The summed E-state index contributed by atoms with van der Waals surface area (Å²) in [7, 11) is 0. The molecule has 9 heteroatoms. The van der Waals surface area contributed by atoms with Gasteiger partial charge in [0.15, 0.2) is 0 Å². The maximum atomic E-state index is 13.9. The van der Waals surface area contributed by atoms with Crippen molar-refractivity contribution in [2.75, 3.05) is 0 Å². The van der Waals surface area contributed by atoms with Crippen LogP contribution < -0.4 is 11.1 Å². The number of piperidine rings is 2. The van der Waals surface area contributed by atoms with Gasteiger partial charge in [0.2, 0.25) is 5.91 Å². The molecule has 2 aliphatic rings. The number of hydrogen-bond acceptors (Lipinski definition) is 6. The lowest BCUT2D eigenvalue weighted by atomic mass is 9.68. The molecule has 206 valence electrons. The molecule has 9 nitrogen and oxygen atoms in total. The first-order valence-corrected chi connectivity index (χ1v) is 13.0. The summed E-state index contributed by atoms with van der Waals surface area (Å²) in [6, 6.07) is 7.65. The molecule has 37 heavy (non-hydrogen) atoms. The second-order valence-electron chi connectivity index (χ2n) is 13.8. The average molecular weight is 517 g/mol. The Morgan fingerprint density at radius 3 is 1.65 bits per heavy atom. The van der Waals surface area contributed by atoms with Gasteiger partial charge in [0.25, 0.3) is 0 Å². The highest BCUT2D eigenvalue weighted by Crippen LogP contribution is 2.45. The van der Waals surface area contributed by atoms with Gasteiger partial charge in [0.05, 0.1) is 5.54 Å². The Kier molecular flexibility index (Phi) is 7.42. The molecule has 2 saturated heterocycles. The molecule has 0 aliphatic carbocycles. The molecule has 1 amide bonds. The number of nitrogens with zero attached hydrogens (tertiary/aromatic N) is 2. The maximum Gasteiger partial charge on any atom is 0.332 e. The van der Waals surface area contributed by atoms with Crippen LogP contribution in [0.5, 0.6) is 0 Å². The predicted molar refractivity (Wildman–Crippen MR) is 139 cm³/mol. The van der Waals surface area contributed by atoms with Crippen molar-refractivity contribution >= 4 is 11.9 Å². The van der Waals surface area contributed by atoms with Crippen molar-refractivity contribution in [2.45, 2.75) is 128 Å². The van der Waals surface area contributed by atoms with Crippen molar-refractivity contribution in [3.63, 3.8) is 0 Å². The second kappa shape index (κ2) is 9.31. The fraction of sp³-hybridized carbons (Fsp3) is 0.714. The van der Waals surface area contributed by atoms with Gasteiger partial charge in [-0.25, -0.2) is 4.79 Å². The highest BCUT2D eigenvalue weighted by atomic mass is 16.5. The first-order chi connectivity index (χ1) is 16.7. The fourth-order valence-corrected chi connectivity index (χ4v) is 6.83. The van der Waals surface area contributed by atoms with E-state index in [0.29, 0.717) is 0 Å². The molecule has 2 radical (unpaired) electrons. The van der Waals surface area contributed by atoms with Crippen molar-refractivity contribution in [3.8, 4) is 0 Å². The standard InChI is InChI=1S/C28H44N4O5/c1-19-10-12-20(13-11-19)14-37-22(34)28(17-25(6,7)32(36)26(8,9)18-28)30-21(33)27(29)15-23(2,3)31(35)24(4,5)16-27/h10-13H,14-18,29H2,1-9H3,(H,30,33). The number of esters is 1. The predicted octanol–water partition coefficient (Wildman–Crippen LogP) is 3.59. The van der Waals surface area contributed by atoms with Crippen molar-refractivity contribution in [3.05, 3.63) is 35.4 Å². The monoisotopic (exact) mass is 516 g/mol. The van der Waals surface area contributed by atoms with E-state index in [-0.39, 0.29) is 32.3 Å². The molecule has 2 fully saturated rings. The zero-order valence-corrected chi connectivity index (χ0v) is 23.9. The molecule has 1 aromatic carbocycles. The number of carbonyl (C=O) groups is 2. The van der Waals surface area contributed by atoms with E-state index in [0.717, 1.165) is 21.3 Å². The van der Waals surface area contributed by atoms with E-state index in [1.54, 1.807) is 55.4 Å². The van der Waals surface area contributed by atoms with E-state index in [1.165, 1.54) is 0 Å². The van der Waals surface area contributed by atoms with Gasteiger partial charge in [-0.1, -0.05) is 29.8 Å². The Balaban J connectivity index is 1.96. The molecule has 2 aliphatic heterocycles. The van der Waals surface area contributed by atoms with Gasteiger partial charge in [-0.05, 0) is 80.7 Å². The lowest BCUT2D eigenvalue weighted by Crippen LogP contribution is -2.75. The Hall–Kier alpha value is -2.04. The van der Waals surface area contributed by atoms with Crippen LogP contribution in [0.15, 0.2) is 24.3 Å². The third-order valence-corrected chi connectivity index (χ3v) is 7.85. The van der Waals surface area contributed by atoms with Crippen molar-refractivity contribution in [1.29, 1.82) is 0 Å². The summed E-state index contributed by atoms with van der Waals surface area (Å²) in [5.74, 6) is -1.11. The number of hydroxylamine groups is 4. The number of ether oxygens (including phenoxy) is 1. The number of nitrogens with two attached hydrogens (primary N) is 1. The smallest absolute Gasteiger partial charge is 0.332 e. The van der Waals surface area contributed by atoms with Crippen molar-refractivity contribution in [1.82, 2.24) is 15.4 Å². The number of nitrogens with one attached hydrogen (secondary N) is 1. The Morgan fingerprint density at radius 2 is 1.22 bits per heavy atom. The normalized spacial score (nSPS) is 25.7. The van der Waals surface area contributed by atoms with E-state index in [2.05, 4.69) is 5.32 Å². The quantitative estimate of drug-likeness (QED) is 0.576. The van der Waals surface area contributed by atoms with E-state index < -0.39 is 45.1 Å². The number of aryl methyl sites for hydroxylation is 1. The van der Waals surface area contributed by atoms with Crippen LogP contribution in [-0.2, 0) is 31.3 Å². The van der Waals surface area contributed by atoms with Gasteiger partial charge in [-0.15, -0.1) is 20.5 Å². The van der Waals surface area contributed by atoms with Crippen LogP contribution in [0.2, 0.25) is 0 Å². The molecule has 2 heterocycles. The zero-order chi connectivity index (χ0) is 28.2. The SMILES string of the molecule is Cc1ccc(COC(=O)C2(NC(=O)C3(N)CC(C)(C)N([O])C(C)(C)C3)CC(C)(C)N([O])C(C)(C)C2)cc1. The number of hydrogen-bond donors (Lipinski definition) is 2. The van der Waals surface area contributed by atoms with E-state index in [4.69, 9.17) is 10.5 Å². The molecule has 1 aromatic rings. The highest BCUT2D eigenvalue weighted by molar-refractivity contribution is 5.93. The van der Waals surface area contributed by atoms with E-state index in [1.807, 2.05) is 31.2 Å². The van der Waals surface area contributed by atoms with Gasteiger partial charge >= 0.3 is 5.97 Å². The molecule has 0 atom stereocenters. The Bertz CT molecular complexity index is 996. The Labute approximate surface area is 221 Å². The van der Waals surface area contributed by atoms with Crippen LogP contribution >= 0.6 is 0 Å². The number of rotatable bonds is 5. The summed E-state index contributed by atoms with van der Waals surface area (Å²) in [5, 5.41) is 31.0. The minimum Gasteiger partial charge on any atom is -0.459 e. The molecular formula is C28H44N4O5. The van der Waals surface area contributed by atoms with Crippen LogP contribution in [0.3, 0.4) is 0 Å². The molecule has 0 aromatic heterocycles. The summed E-state index contributed by atoms with van der Waals surface area (Å²) in [4.78, 5) is 27.8. The first-order valence-electron chi connectivity index (χ1n) is 13.0. The molecule has 3 N–H and O–H groups in total. The third-order valence-electron chi connectivity index (χ3n) is 7.85. The molecule has 3 rings (SSSR count). The fourth-order valence-electron chi connectivity index (χ4n) is 6.83. The molecular weight excluding hydrogens is 472 g/mol. The third kappa shape index (κ3) is 5.71. The second-order valence-corrected chi connectivity index (χ2v) is 13.8. The van der Waals surface area contributed by atoms with Crippen molar-refractivity contribution < 1.29 is 24.7 Å². The van der Waals surface area contributed by atoms with Crippen LogP contribution in [0.4, 0.5) is 0 Å². The average Bonchev–Trinajstić information content (AvgIpc) is 2.74. The van der Waals surface area contributed by atoms with Gasteiger partial charge in [-0.2, -0.15) is 0 Å². The largest absolute Gasteiger partial charge is 0.459 e. The van der Waals surface area contributed by atoms with Gasteiger partial charge in [0, 0.05) is 35.0 Å². The van der Waals surface area contributed by atoms with E-state index >= 15 is 0 Å². The van der Waals surface area contributed by atoms with Crippen molar-refractivity contribution in [2.24, 2.45) is 5.73 Å². The highest BCUT2D eigenvalue weighted by Gasteiger charge is 2.61. The van der Waals surface area contributed by atoms with Crippen LogP contribution in [0.1, 0.15) is 92.2 Å². The summed E-state index contributed by atoms with van der Waals surface area (Å²) in [6.07, 6.45) is 0.353. The molecule has 0 saturated carbocycles. The van der Waals surface area contributed by atoms with Crippen LogP contribution in [0, 0.1) is 6.92 Å². The zero-order valence-electron chi connectivity index (χ0n) is 23.9. The summed E-state index contributed by atoms with van der Waals surface area (Å²) >= 11 is 0. The maximum absolute atomic E-state index is 13.9. The topological polar surface area (TPSA) is 128 Å². The van der Waals surface area contributed by atoms with Crippen LogP contribution in [0.25, 0.3) is 0 Å². The number of carbonyl (C=O) groups excluding carboxylic acids is 2. The summed E-state index contributed by atoms with van der Waals surface area (Å²) in [5.41, 5.74) is 2.10. The minimum absolute atomic E-state index is 0.0393. The lowest BCUT2D eigenvalue weighted by Gasteiger charge is -2.56. The molecule has 0 unspecified atom stereocenters. The van der Waals surface area contributed by atoms with Gasteiger partial charge in [0.1, 0.15) is 12.1 Å². The lowest BCUT2D eigenvalue weighted by molar-refractivity contribution is -0.298. The summed E-state index contributed by atoms with van der Waals surface area (Å²) in [6.45, 7) is 16.1.